The molecule has 0 bridgehead atoms. The summed E-state index contributed by atoms with van der Waals surface area (Å²) in [5, 5.41) is 52.2. The molecule has 1 aliphatic rings. The van der Waals surface area contributed by atoms with Gasteiger partial charge in [-0.2, -0.15) is 0 Å². The van der Waals surface area contributed by atoms with Crippen LogP contribution in [0.2, 0.25) is 0 Å². The van der Waals surface area contributed by atoms with Gasteiger partial charge in [0.05, 0.1) is 13.0 Å². The molecule has 14 amide bonds. The summed E-state index contributed by atoms with van der Waals surface area (Å²) in [5.74, 6) is -18.9. The van der Waals surface area contributed by atoms with E-state index in [-0.39, 0.29) is 93.9 Å². The number of primary amides is 1. The second-order valence-corrected chi connectivity index (χ2v) is 28.7. The lowest BCUT2D eigenvalue weighted by atomic mass is 9.96. The number of unbranched alkanes of at least 4 members (excludes halogenated alkanes) is 2. The average Bonchev–Trinajstić information content (AvgIpc) is 0.855. The van der Waals surface area contributed by atoms with E-state index in [2.05, 4.69) is 74.1 Å². The Morgan fingerprint density at radius 2 is 0.951 bits per heavy atom. The van der Waals surface area contributed by atoms with Crippen LogP contribution in [0.3, 0.4) is 0 Å². The normalized spacial score (nSPS) is 25.1. The minimum Gasteiger partial charge on any atom is -0.481 e. The SMILES string of the molecule is CC[C@H](C)[C@@H]1NC(=O)[C@H](CC(C)C)NC(=O)[C@@H](NC(C)=O)CSSC[C@@H](C(N)=O)NC(=O)[C@H](CCC(=O)O)NC(=O)[C@H](C(C)C)NC(=O)[C@H](CCCCN)NC(=O)[C@H](CCCN=C(N)N)NC(=O)CNC(=O)[C@H](CC(=O)O)NC(=O)[C@H](C)NC(=O)[C@H](CC(C)C)NC(=O)[C@H](CCCCN)NC1=O. The number of carbonyl (C=O) groups excluding carboxylic acids is 14. The third kappa shape index (κ3) is 36.3. The maximum atomic E-state index is 14.5. The molecule has 0 aromatic heterocycles. The number of nitrogens with two attached hydrogens (primary N) is 5. The van der Waals surface area contributed by atoms with Gasteiger partial charge in [-0.1, -0.05) is 83.4 Å². The largest absolute Gasteiger partial charge is 0.481 e. The van der Waals surface area contributed by atoms with E-state index in [0.29, 0.717) is 25.7 Å². The number of nitrogens with one attached hydrogen (secondary N) is 13. The van der Waals surface area contributed by atoms with Crippen molar-refractivity contribution in [3.63, 3.8) is 0 Å². The highest BCUT2D eigenvalue weighted by Crippen LogP contribution is 2.24. The van der Waals surface area contributed by atoms with Crippen molar-refractivity contribution < 1.29 is 86.9 Å². The quantitative estimate of drug-likeness (QED) is 0.0167. The molecular weight excluding hydrogens is 1370 g/mol. The zero-order valence-corrected chi connectivity index (χ0v) is 61.6. The minimum atomic E-state index is -1.88. The fourth-order valence-electron chi connectivity index (χ4n) is 10.0. The van der Waals surface area contributed by atoms with Gasteiger partial charge in [-0.05, 0) is 114 Å². The number of nitrogens with zero attached hydrogens (tertiary/aromatic N) is 1. The van der Waals surface area contributed by atoms with E-state index in [0.717, 1.165) is 28.5 Å². The van der Waals surface area contributed by atoms with Gasteiger partial charge in [-0.15, -0.1) is 0 Å². The number of hydrogen-bond acceptors (Lipinski definition) is 21. The van der Waals surface area contributed by atoms with E-state index in [9.17, 15) is 86.9 Å². The lowest BCUT2D eigenvalue weighted by molar-refractivity contribution is -0.141. The second-order valence-electron chi connectivity index (χ2n) is 26.1. The Labute approximate surface area is 602 Å². The van der Waals surface area contributed by atoms with E-state index in [1.807, 2.05) is 0 Å². The molecule has 1 rings (SSSR count). The summed E-state index contributed by atoms with van der Waals surface area (Å²) in [6.07, 6.45) is -0.940. The Bertz CT molecular complexity index is 2890. The molecule has 39 heteroatoms. The topological polar surface area (TPSA) is 612 Å². The third-order valence-electron chi connectivity index (χ3n) is 15.9. The molecule has 13 atom stereocenters. The Hall–Kier alpha value is -8.59. The van der Waals surface area contributed by atoms with E-state index in [1.54, 1.807) is 41.5 Å². The zero-order chi connectivity index (χ0) is 77.5. The summed E-state index contributed by atoms with van der Waals surface area (Å²) in [4.78, 5) is 223. The summed E-state index contributed by atoms with van der Waals surface area (Å²) in [6, 6.07) is -17.7. The first-order valence-electron chi connectivity index (χ1n) is 34.2. The van der Waals surface area contributed by atoms with Crippen LogP contribution < -0.4 is 97.8 Å². The lowest BCUT2D eigenvalue weighted by Crippen LogP contribution is -2.61. The Balaban J connectivity index is 4.14. The monoisotopic (exact) mass is 1490 g/mol. The van der Waals surface area contributed by atoms with E-state index >= 15 is 0 Å². The summed E-state index contributed by atoms with van der Waals surface area (Å²) in [5.41, 5.74) is 28.3. The molecule has 0 aromatic carbocycles. The highest BCUT2D eigenvalue weighted by Gasteiger charge is 2.38. The van der Waals surface area contributed by atoms with Crippen molar-refractivity contribution in [1.29, 1.82) is 0 Å². The molecule has 1 fully saturated rings. The van der Waals surface area contributed by atoms with Crippen LogP contribution in [0.4, 0.5) is 0 Å². The molecular formula is C63H111N19O18S2. The standard InChI is InChI=1S/C63H111N19O18S2/c1-11-34(8)50-62(100)75-38(17-12-14-22-64)55(93)78-41(25-31(2)3)58(96)71-35(9)52(90)77-43(27-48(87)88)53(91)70-28-46(84)73-37(19-16-24-69-63(67)68)54(92)74-39(18-13-15-23-65)57(95)81-49(33(6)7)61(99)76-40(20-21-47(85)86)56(94)80-44(51(66)89)29-101-102-30-45(72-36(10)83)60(98)79-42(26-32(4)5)59(97)82-50/h31-35,37-45,49-50H,11-30,64-65H2,1-10H3,(H2,66,89)(H,70,91)(H,71,96)(H,72,83)(H,73,84)(H,74,92)(H,75,100)(H,76,99)(H,77,90)(H,78,93)(H,79,98)(H,80,94)(H,81,95)(H,82,97)(H,85,86)(H,87,88)(H4,67,68,69)/t34-,35-,37-,38-,39-,40-,41-,42-,43-,44-,45-,49-,50-/m0/s1. The number of hydrogen-bond donors (Lipinski definition) is 20. The summed E-state index contributed by atoms with van der Waals surface area (Å²) in [7, 11) is 1.86. The van der Waals surface area contributed by atoms with Gasteiger partial charge >= 0.3 is 11.9 Å². The second kappa shape index (κ2) is 48.3. The summed E-state index contributed by atoms with van der Waals surface area (Å²) in [6.45, 7) is 15.2. The van der Waals surface area contributed by atoms with Crippen molar-refractivity contribution in [3.05, 3.63) is 0 Å². The predicted octanol–water partition coefficient (Wildman–Crippen LogP) is -4.71. The number of carbonyl (C=O) groups is 16. The van der Waals surface area contributed by atoms with Gasteiger partial charge < -0.3 is 108 Å². The maximum absolute atomic E-state index is 14.5. The van der Waals surface area contributed by atoms with E-state index in [1.165, 1.54) is 20.8 Å². The fraction of sp³-hybridized carbons (Fsp3) is 0.730. The van der Waals surface area contributed by atoms with Crippen molar-refractivity contribution in [2.75, 3.05) is 37.7 Å². The van der Waals surface area contributed by atoms with Crippen LogP contribution in [-0.2, 0) is 76.7 Å². The van der Waals surface area contributed by atoms with Crippen LogP contribution >= 0.6 is 21.6 Å². The zero-order valence-electron chi connectivity index (χ0n) is 60.0. The Kier molecular flexibility index (Phi) is 43.3. The number of guanidine groups is 1. The fourth-order valence-corrected chi connectivity index (χ4v) is 12.4. The Morgan fingerprint density at radius 3 is 1.44 bits per heavy atom. The van der Waals surface area contributed by atoms with Gasteiger partial charge in [0, 0.05) is 31.4 Å². The number of carboxylic acids is 2. The first-order valence-corrected chi connectivity index (χ1v) is 36.7. The molecule has 0 aliphatic carbocycles. The summed E-state index contributed by atoms with van der Waals surface area (Å²) < 4.78 is 0. The third-order valence-corrected chi connectivity index (χ3v) is 18.3. The van der Waals surface area contributed by atoms with Gasteiger partial charge in [0.15, 0.2) is 5.96 Å². The summed E-state index contributed by atoms with van der Waals surface area (Å²) >= 11 is 0. The van der Waals surface area contributed by atoms with Gasteiger partial charge in [-0.3, -0.25) is 81.7 Å². The molecule has 0 radical (unpaired) electrons. The van der Waals surface area contributed by atoms with Crippen molar-refractivity contribution in [2.45, 2.75) is 232 Å². The molecule has 1 aliphatic heterocycles. The van der Waals surface area contributed by atoms with Gasteiger partial charge in [0.1, 0.15) is 72.5 Å². The lowest BCUT2D eigenvalue weighted by Gasteiger charge is -2.30. The van der Waals surface area contributed by atoms with Crippen LogP contribution in [0.25, 0.3) is 0 Å². The average molecular weight is 1490 g/mol. The smallest absolute Gasteiger partial charge is 0.305 e. The minimum absolute atomic E-state index is 0.00907. The highest BCUT2D eigenvalue weighted by molar-refractivity contribution is 8.76. The van der Waals surface area contributed by atoms with E-state index < -0.39 is 205 Å². The number of aliphatic imine (C=N–C) groups is 1. The van der Waals surface area contributed by atoms with Crippen molar-refractivity contribution in [3.8, 4) is 0 Å². The van der Waals surface area contributed by atoms with Crippen LogP contribution in [0.5, 0.6) is 0 Å². The maximum Gasteiger partial charge on any atom is 0.305 e. The molecule has 0 spiro atoms. The van der Waals surface area contributed by atoms with Crippen molar-refractivity contribution in [1.82, 2.24) is 69.1 Å². The molecule has 1 saturated heterocycles. The predicted molar refractivity (Wildman–Crippen MR) is 380 cm³/mol. The van der Waals surface area contributed by atoms with Gasteiger partial charge in [-0.25, -0.2) is 0 Å². The first kappa shape index (κ1) is 91.4. The van der Waals surface area contributed by atoms with Crippen LogP contribution in [0.15, 0.2) is 4.99 Å². The number of rotatable bonds is 26. The molecule has 37 nitrogen and oxygen atoms in total. The van der Waals surface area contributed by atoms with E-state index in [4.69, 9.17) is 28.7 Å². The molecule has 578 valence electrons. The Morgan fingerprint density at radius 1 is 0.510 bits per heavy atom. The molecule has 1 heterocycles. The number of carboxylic acid groups (broad SMARTS) is 2. The van der Waals surface area contributed by atoms with Gasteiger partial charge in [0.2, 0.25) is 82.7 Å². The molecule has 0 unspecified atom stereocenters. The van der Waals surface area contributed by atoms with Crippen LogP contribution in [0.1, 0.15) is 159 Å². The van der Waals surface area contributed by atoms with Crippen molar-refractivity contribution in [2.24, 2.45) is 57.3 Å². The molecule has 102 heavy (non-hydrogen) atoms. The van der Waals surface area contributed by atoms with Crippen LogP contribution in [0, 0.1) is 23.7 Å². The van der Waals surface area contributed by atoms with Crippen LogP contribution in [-0.4, -0.2) is 221 Å². The first-order chi connectivity index (χ1) is 47.8. The molecule has 25 N–H and O–H groups in total. The molecule has 0 aromatic rings. The van der Waals surface area contributed by atoms with Crippen molar-refractivity contribution >= 4 is 122 Å². The number of aliphatic carboxylic acids is 2. The molecule has 0 saturated carbocycles. The number of amides is 14. The highest BCUT2D eigenvalue weighted by atomic mass is 33.1. The van der Waals surface area contributed by atoms with Gasteiger partial charge in [0.25, 0.3) is 0 Å².